The summed E-state index contributed by atoms with van der Waals surface area (Å²) in [5.74, 6) is -1.15. The Morgan fingerprint density at radius 3 is 2.48 bits per heavy atom. The summed E-state index contributed by atoms with van der Waals surface area (Å²) in [6.45, 7) is -0.291. The third kappa shape index (κ3) is 4.66. The lowest BCUT2D eigenvalue weighted by Gasteiger charge is -2.24. The molecule has 2 aromatic carbocycles. The Bertz CT molecular complexity index is 916. The molecule has 10 heteroatoms. The molecule has 0 unspecified atom stereocenters. The number of hydrogen-bond donors (Lipinski definition) is 1. The van der Waals surface area contributed by atoms with E-state index in [1.807, 2.05) is 22.6 Å². The molecule has 8 nitrogen and oxygen atoms in total. The highest BCUT2D eigenvalue weighted by Gasteiger charge is 2.27. The Morgan fingerprint density at radius 1 is 1.20 bits per heavy atom. The van der Waals surface area contributed by atoms with Crippen molar-refractivity contribution in [3.63, 3.8) is 0 Å². The van der Waals surface area contributed by atoms with Crippen molar-refractivity contribution in [3.8, 4) is 0 Å². The summed E-state index contributed by atoms with van der Waals surface area (Å²) >= 11 is 2.01. The van der Waals surface area contributed by atoms with E-state index in [4.69, 9.17) is 5.11 Å². The number of nitro groups is 1. The summed E-state index contributed by atoms with van der Waals surface area (Å²) < 4.78 is 27.6. The summed E-state index contributed by atoms with van der Waals surface area (Å²) in [6.07, 6.45) is -0.403. The standard InChI is InChI=1S/C15H13IN2O6S/c16-11-3-1-4-12(9-11)17(8-7-15(19)20)25(23,24)14-6-2-5-13(10-14)18(21)22/h1-6,9-10H,7-8H2,(H,19,20). The highest BCUT2D eigenvalue weighted by atomic mass is 127. The van der Waals surface area contributed by atoms with Gasteiger partial charge in [0.05, 0.1) is 21.9 Å². The predicted molar refractivity (Wildman–Crippen MR) is 99.0 cm³/mol. The lowest BCUT2D eigenvalue weighted by molar-refractivity contribution is -0.385. The average molecular weight is 476 g/mol. The molecular formula is C15H13IN2O6S. The van der Waals surface area contributed by atoms with Crippen molar-refractivity contribution >= 4 is 50.0 Å². The highest BCUT2D eigenvalue weighted by molar-refractivity contribution is 14.1. The van der Waals surface area contributed by atoms with Crippen molar-refractivity contribution in [2.24, 2.45) is 0 Å². The number of carbonyl (C=O) groups is 1. The maximum absolute atomic E-state index is 12.9. The van der Waals surface area contributed by atoms with Crippen LogP contribution in [-0.4, -0.2) is 31.0 Å². The van der Waals surface area contributed by atoms with Crippen LogP contribution in [-0.2, 0) is 14.8 Å². The van der Waals surface area contributed by atoms with Crippen LogP contribution in [0.2, 0.25) is 0 Å². The monoisotopic (exact) mass is 476 g/mol. The van der Waals surface area contributed by atoms with Crippen LogP contribution in [0.4, 0.5) is 11.4 Å². The van der Waals surface area contributed by atoms with Gasteiger partial charge in [-0.2, -0.15) is 0 Å². The number of benzene rings is 2. The van der Waals surface area contributed by atoms with Crippen LogP contribution in [0.3, 0.4) is 0 Å². The number of sulfonamides is 1. The number of hydrogen-bond acceptors (Lipinski definition) is 5. The highest BCUT2D eigenvalue weighted by Crippen LogP contribution is 2.27. The Hall–Kier alpha value is -2.21. The van der Waals surface area contributed by atoms with Gasteiger partial charge in [-0.3, -0.25) is 19.2 Å². The van der Waals surface area contributed by atoms with Crippen LogP contribution in [0, 0.1) is 13.7 Å². The summed E-state index contributed by atoms with van der Waals surface area (Å²) in [7, 11) is -4.16. The van der Waals surface area contributed by atoms with Crippen LogP contribution in [0.1, 0.15) is 6.42 Å². The van der Waals surface area contributed by atoms with Crippen molar-refractivity contribution in [1.82, 2.24) is 0 Å². The third-order valence-corrected chi connectivity index (χ3v) is 5.74. The summed E-state index contributed by atoms with van der Waals surface area (Å²) in [5.41, 5.74) is -0.0680. The smallest absolute Gasteiger partial charge is 0.305 e. The van der Waals surface area contributed by atoms with Gasteiger partial charge in [-0.15, -0.1) is 0 Å². The topological polar surface area (TPSA) is 118 Å². The molecule has 0 spiro atoms. The largest absolute Gasteiger partial charge is 0.481 e. The van der Waals surface area contributed by atoms with Crippen molar-refractivity contribution < 1.29 is 23.2 Å². The zero-order valence-corrected chi connectivity index (χ0v) is 15.7. The van der Waals surface area contributed by atoms with E-state index in [0.29, 0.717) is 5.69 Å². The van der Waals surface area contributed by atoms with Crippen molar-refractivity contribution in [2.45, 2.75) is 11.3 Å². The van der Waals surface area contributed by atoms with E-state index in [1.54, 1.807) is 24.3 Å². The van der Waals surface area contributed by atoms with Gasteiger partial charge >= 0.3 is 5.97 Å². The molecule has 0 saturated heterocycles. The molecule has 0 aromatic heterocycles. The zero-order chi connectivity index (χ0) is 18.6. The number of rotatable bonds is 7. The number of anilines is 1. The maximum atomic E-state index is 12.9. The van der Waals surface area contributed by atoms with E-state index in [-0.39, 0.29) is 17.1 Å². The first kappa shape index (κ1) is 19.1. The van der Waals surface area contributed by atoms with Gasteiger partial charge in [-0.25, -0.2) is 8.42 Å². The average Bonchev–Trinajstić information content (AvgIpc) is 2.54. The first-order valence-corrected chi connectivity index (χ1v) is 9.48. The molecule has 1 N–H and O–H groups in total. The van der Waals surface area contributed by atoms with Gasteiger partial charge in [-0.1, -0.05) is 12.1 Å². The Morgan fingerprint density at radius 2 is 1.88 bits per heavy atom. The molecule has 0 aliphatic rings. The van der Waals surface area contributed by atoms with E-state index in [0.717, 1.165) is 13.9 Å². The van der Waals surface area contributed by atoms with Crippen LogP contribution in [0.25, 0.3) is 0 Å². The van der Waals surface area contributed by atoms with Crippen molar-refractivity contribution in [3.05, 3.63) is 62.2 Å². The molecule has 0 bridgehead atoms. The number of nitro benzene ring substituents is 1. The minimum Gasteiger partial charge on any atom is -0.481 e. The fourth-order valence-electron chi connectivity index (χ4n) is 2.10. The molecule has 0 aliphatic carbocycles. The Kier molecular flexibility index (Phi) is 5.95. The fraction of sp³-hybridized carbons (Fsp3) is 0.133. The SMILES string of the molecule is O=C(O)CCN(c1cccc(I)c1)S(=O)(=O)c1cccc([N+](=O)[O-])c1. The lowest BCUT2D eigenvalue weighted by Crippen LogP contribution is -2.33. The number of non-ortho nitro benzene ring substituents is 1. The molecule has 0 fully saturated rings. The minimum absolute atomic E-state index is 0.272. The first-order chi connectivity index (χ1) is 11.7. The minimum atomic E-state index is -4.16. The maximum Gasteiger partial charge on any atom is 0.305 e. The molecule has 2 aromatic rings. The van der Waals surface area contributed by atoms with Crippen molar-refractivity contribution in [1.29, 1.82) is 0 Å². The summed E-state index contributed by atoms with van der Waals surface area (Å²) in [6, 6.07) is 11.2. The van der Waals surface area contributed by atoms with Gasteiger partial charge in [0.25, 0.3) is 15.7 Å². The number of carboxylic acid groups (broad SMARTS) is 1. The molecular weight excluding hydrogens is 463 g/mol. The molecule has 0 radical (unpaired) electrons. The molecule has 25 heavy (non-hydrogen) atoms. The van der Waals surface area contributed by atoms with E-state index in [2.05, 4.69) is 0 Å². The Balaban J connectivity index is 2.53. The second-order valence-corrected chi connectivity index (χ2v) is 8.06. The Labute approximate surface area is 157 Å². The van der Waals surface area contributed by atoms with Gasteiger partial charge in [0.1, 0.15) is 0 Å². The lowest BCUT2D eigenvalue weighted by atomic mass is 10.3. The van der Waals surface area contributed by atoms with Gasteiger partial charge in [0, 0.05) is 22.2 Å². The van der Waals surface area contributed by atoms with Crippen LogP contribution in [0.15, 0.2) is 53.4 Å². The molecule has 0 atom stereocenters. The third-order valence-electron chi connectivity index (χ3n) is 3.24. The van der Waals surface area contributed by atoms with E-state index >= 15 is 0 Å². The molecule has 0 saturated carbocycles. The van der Waals surface area contributed by atoms with Gasteiger partial charge in [-0.05, 0) is 46.9 Å². The number of aliphatic carboxylic acids is 1. The van der Waals surface area contributed by atoms with Gasteiger partial charge < -0.3 is 5.11 Å². The summed E-state index contributed by atoms with van der Waals surface area (Å²) in [5, 5.41) is 19.8. The number of nitrogens with zero attached hydrogens (tertiary/aromatic N) is 2. The van der Waals surface area contributed by atoms with E-state index in [1.165, 1.54) is 18.2 Å². The van der Waals surface area contributed by atoms with Crippen LogP contribution in [0.5, 0.6) is 0 Å². The van der Waals surface area contributed by atoms with Crippen LogP contribution >= 0.6 is 22.6 Å². The number of halogens is 1. The van der Waals surface area contributed by atoms with Crippen LogP contribution < -0.4 is 4.31 Å². The normalized spacial score (nSPS) is 11.1. The molecule has 0 aliphatic heterocycles. The van der Waals surface area contributed by atoms with Gasteiger partial charge in [0.15, 0.2) is 0 Å². The number of carboxylic acids is 1. The van der Waals surface area contributed by atoms with Gasteiger partial charge in [0.2, 0.25) is 0 Å². The fourth-order valence-corrected chi connectivity index (χ4v) is 4.13. The predicted octanol–water partition coefficient (Wildman–Crippen LogP) is 2.87. The summed E-state index contributed by atoms with van der Waals surface area (Å²) in [4.78, 5) is 20.8. The molecule has 0 amide bonds. The van der Waals surface area contributed by atoms with Crippen molar-refractivity contribution in [2.75, 3.05) is 10.8 Å². The van der Waals surface area contributed by atoms with E-state index < -0.39 is 27.3 Å². The second kappa shape index (κ2) is 7.78. The zero-order valence-electron chi connectivity index (χ0n) is 12.7. The second-order valence-electron chi connectivity index (χ2n) is 4.96. The first-order valence-electron chi connectivity index (χ1n) is 6.96. The quantitative estimate of drug-likeness (QED) is 0.373. The van der Waals surface area contributed by atoms with E-state index in [9.17, 15) is 23.3 Å². The molecule has 0 heterocycles. The molecule has 132 valence electrons. The molecule has 2 rings (SSSR count).